The summed E-state index contributed by atoms with van der Waals surface area (Å²) in [4.78, 5) is 23.5. The molecule has 0 saturated carbocycles. The standard InChI is InChI=1S/C22H25FN6O/c1-15-6-7-19(29-10-4-8-27-29)18(11-15)21(30)28-9-3-5-16(2)20(28)14-26-22-24-12-17(23)13-25-22/h4,6-8,10-13,16,20H,3,5,9,14H2,1-2H3,(H,24,25,26). The maximum Gasteiger partial charge on any atom is 0.256 e. The lowest BCUT2D eigenvalue weighted by Gasteiger charge is -2.40. The van der Waals surface area contributed by atoms with Crippen LogP contribution in [0.2, 0.25) is 0 Å². The van der Waals surface area contributed by atoms with E-state index in [0.29, 0.717) is 30.5 Å². The molecule has 30 heavy (non-hydrogen) atoms. The highest BCUT2D eigenvalue weighted by molar-refractivity contribution is 5.98. The van der Waals surface area contributed by atoms with E-state index in [0.717, 1.165) is 36.5 Å². The summed E-state index contributed by atoms with van der Waals surface area (Å²) in [7, 11) is 0. The van der Waals surface area contributed by atoms with E-state index in [2.05, 4.69) is 27.3 Å². The minimum absolute atomic E-state index is 0.0115. The van der Waals surface area contributed by atoms with Gasteiger partial charge < -0.3 is 10.2 Å². The summed E-state index contributed by atoms with van der Waals surface area (Å²) in [5.74, 6) is 0.180. The van der Waals surface area contributed by atoms with Crippen LogP contribution < -0.4 is 5.32 Å². The van der Waals surface area contributed by atoms with Crippen molar-refractivity contribution >= 4 is 11.9 Å². The summed E-state index contributed by atoms with van der Waals surface area (Å²) in [5, 5.41) is 7.47. The summed E-state index contributed by atoms with van der Waals surface area (Å²) in [6.45, 7) is 5.32. The van der Waals surface area contributed by atoms with E-state index < -0.39 is 5.82 Å². The number of anilines is 1. The second-order valence-corrected chi connectivity index (χ2v) is 7.76. The molecule has 0 bridgehead atoms. The number of benzene rings is 1. The molecule has 1 amide bonds. The number of carbonyl (C=O) groups excluding carboxylic acids is 1. The molecular weight excluding hydrogens is 383 g/mol. The zero-order valence-electron chi connectivity index (χ0n) is 17.1. The van der Waals surface area contributed by atoms with Gasteiger partial charge in [0, 0.05) is 25.5 Å². The number of halogens is 1. The van der Waals surface area contributed by atoms with Gasteiger partial charge in [-0.15, -0.1) is 0 Å². The van der Waals surface area contributed by atoms with Crippen LogP contribution in [-0.4, -0.2) is 49.7 Å². The molecule has 1 N–H and O–H groups in total. The van der Waals surface area contributed by atoms with Crippen molar-refractivity contribution in [1.82, 2.24) is 24.6 Å². The maximum absolute atomic E-state index is 13.7. The molecule has 1 aliphatic rings. The van der Waals surface area contributed by atoms with Crippen LogP contribution in [0.3, 0.4) is 0 Å². The van der Waals surface area contributed by atoms with Crippen LogP contribution in [0.4, 0.5) is 10.3 Å². The quantitative estimate of drug-likeness (QED) is 0.700. The van der Waals surface area contributed by atoms with Gasteiger partial charge in [-0.25, -0.2) is 19.0 Å². The first kappa shape index (κ1) is 20.0. The lowest BCUT2D eigenvalue weighted by molar-refractivity contribution is 0.0539. The minimum atomic E-state index is -0.478. The Balaban J connectivity index is 1.60. The third-order valence-corrected chi connectivity index (χ3v) is 5.60. The predicted octanol–water partition coefficient (Wildman–Crippen LogP) is 3.46. The summed E-state index contributed by atoms with van der Waals surface area (Å²) < 4.78 is 14.8. The molecule has 3 heterocycles. The molecule has 1 saturated heterocycles. The van der Waals surface area contributed by atoms with Crippen molar-refractivity contribution in [3.05, 3.63) is 66.0 Å². The summed E-state index contributed by atoms with van der Waals surface area (Å²) >= 11 is 0. The van der Waals surface area contributed by atoms with Crippen LogP contribution >= 0.6 is 0 Å². The van der Waals surface area contributed by atoms with E-state index in [1.54, 1.807) is 10.9 Å². The summed E-state index contributed by atoms with van der Waals surface area (Å²) in [6.07, 6.45) is 7.80. The number of hydrogen-bond acceptors (Lipinski definition) is 5. The fourth-order valence-electron chi connectivity index (χ4n) is 4.00. The molecule has 1 aliphatic heterocycles. The van der Waals surface area contributed by atoms with Crippen molar-refractivity contribution in [1.29, 1.82) is 0 Å². The molecule has 1 fully saturated rings. The van der Waals surface area contributed by atoms with Gasteiger partial charge in [0.15, 0.2) is 5.82 Å². The number of likely N-dealkylation sites (tertiary alicyclic amines) is 1. The third kappa shape index (κ3) is 4.17. The van der Waals surface area contributed by atoms with E-state index in [1.165, 1.54) is 0 Å². The normalized spacial score (nSPS) is 19.0. The van der Waals surface area contributed by atoms with Crippen molar-refractivity contribution in [2.45, 2.75) is 32.7 Å². The number of carbonyl (C=O) groups is 1. The van der Waals surface area contributed by atoms with Gasteiger partial charge in [0.25, 0.3) is 5.91 Å². The Morgan fingerprint density at radius 1 is 1.30 bits per heavy atom. The van der Waals surface area contributed by atoms with E-state index in [9.17, 15) is 9.18 Å². The topological polar surface area (TPSA) is 75.9 Å². The predicted molar refractivity (Wildman–Crippen MR) is 112 cm³/mol. The highest BCUT2D eigenvalue weighted by Gasteiger charge is 2.33. The zero-order valence-corrected chi connectivity index (χ0v) is 17.1. The average molecular weight is 408 g/mol. The lowest BCUT2D eigenvalue weighted by atomic mass is 9.90. The van der Waals surface area contributed by atoms with Gasteiger partial charge in [0.2, 0.25) is 5.95 Å². The molecule has 0 aliphatic carbocycles. The smallest absolute Gasteiger partial charge is 0.256 e. The molecule has 2 unspecified atom stereocenters. The third-order valence-electron chi connectivity index (χ3n) is 5.60. The van der Waals surface area contributed by atoms with Gasteiger partial charge in [-0.05, 0) is 43.9 Å². The minimum Gasteiger partial charge on any atom is -0.352 e. The molecule has 2 aromatic heterocycles. The Hall–Kier alpha value is -3.29. The molecule has 4 rings (SSSR count). The lowest BCUT2D eigenvalue weighted by Crippen LogP contribution is -2.51. The molecule has 2 atom stereocenters. The number of nitrogens with one attached hydrogen (secondary N) is 1. The fraction of sp³-hybridized carbons (Fsp3) is 0.364. The molecular formula is C22H25FN6O. The number of nitrogens with zero attached hydrogens (tertiary/aromatic N) is 5. The largest absolute Gasteiger partial charge is 0.352 e. The number of piperidine rings is 1. The first-order chi connectivity index (χ1) is 14.5. The van der Waals surface area contributed by atoms with Crippen LogP contribution in [0, 0.1) is 18.7 Å². The number of hydrogen-bond donors (Lipinski definition) is 1. The molecule has 0 spiro atoms. The van der Waals surface area contributed by atoms with Crippen LogP contribution in [0.25, 0.3) is 5.69 Å². The highest BCUT2D eigenvalue weighted by atomic mass is 19.1. The van der Waals surface area contributed by atoms with Crippen molar-refractivity contribution in [2.75, 3.05) is 18.4 Å². The monoisotopic (exact) mass is 408 g/mol. The first-order valence-corrected chi connectivity index (χ1v) is 10.2. The fourth-order valence-corrected chi connectivity index (χ4v) is 4.00. The van der Waals surface area contributed by atoms with Gasteiger partial charge in [0.1, 0.15) is 0 Å². The van der Waals surface area contributed by atoms with Crippen LogP contribution in [-0.2, 0) is 0 Å². The van der Waals surface area contributed by atoms with Gasteiger partial charge in [-0.2, -0.15) is 5.10 Å². The van der Waals surface area contributed by atoms with E-state index in [4.69, 9.17) is 0 Å². The Bertz CT molecular complexity index is 1000. The molecule has 0 radical (unpaired) electrons. The number of amides is 1. The SMILES string of the molecule is Cc1ccc(-n2cccn2)c(C(=O)N2CCCC(C)C2CNc2ncc(F)cn2)c1. The van der Waals surface area contributed by atoms with Crippen LogP contribution in [0.1, 0.15) is 35.7 Å². The summed E-state index contributed by atoms with van der Waals surface area (Å²) in [5.41, 5.74) is 2.42. The zero-order chi connectivity index (χ0) is 21.1. The Labute approximate surface area is 175 Å². The Morgan fingerprint density at radius 2 is 2.10 bits per heavy atom. The van der Waals surface area contributed by atoms with Crippen molar-refractivity contribution in [3.63, 3.8) is 0 Å². The number of aromatic nitrogens is 4. The number of rotatable bonds is 5. The second-order valence-electron chi connectivity index (χ2n) is 7.76. The summed E-state index contributed by atoms with van der Waals surface area (Å²) in [6, 6.07) is 7.66. The molecule has 156 valence electrons. The Kier molecular flexibility index (Phi) is 5.74. The van der Waals surface area contributed by atoms with E-state index >= 15 is 0 Å². The van der Waals surface area contributed by atoms with Crippen molar-refractivity contribution < 1.29 is 9.18 Å². The molecule has 3 aromatic rings. The molecule has 1 aromatic carbocycles. The van der Waals surface area contributed by atoms with Gasteiger partial charge >= 0.3 is 0 Å². The van der Waals surface area contributed by atoms with Gasteiger partial charge in [0.05, 0.1) is 29.7 Å². The van der Waals surface area contributed by atoms with Crippen LogP contribution in [0.5, 0.6) is 0 Å². The Morgan fingerprint density at radius 3 is 2.83 bits per heavy atom. The van der Waals surface area contributed by atoms with Gasteiger partial charge in [-0.3, -0.25) is 4.79 Å². The van der Waals surface area contributed by atoms with Crippen molar-refractivity contribution in [2.24, 2.45) is 5.92 Å². The van der Waals surface area contributed by atoms with E-state index in [-0.39, 0.29) is 11.9 Å². The van der Waals surface area contributed by atoms with E-state index in [1.807, 2.05) is 42.3 Å². The van der Waals surface area contributed by atoms with Crippen LogP contribution in [0.15, 0.2) is 49.1 Å². The first-order valence-electron chi connectivity index (χ1n) is 10.2. The highest BCUT2D eigenvalue weighted by Crippen LogP contribution is 2.27. The maximum atomic E-state index is 13.7. The molecule has 7 nitrogen and oxygen atoms in total. The average Bonchev–Trinajstić information content (AvgIpc) is 3.28. The van der Waals surface area contributed by atoms with Gasteiger partial charge in [-0.1, -0.05) is 18.6 Å². The second kappa shape index (κ2) is 8.61. The molecule has 8 heteroatoms. The number of aryl methyl sites for hydroxylation is 1. The van der Waals surface area contributed by atoms with Crippen molar-refractivity contribution in [3.8, 4) is 5.69 Å².